The molecule has 13 heteroatoms. The maximum atomic E-state index is 14.1. The van der Waals surface area contributed by atoms with Gasteiger partial charge in [0.15, 0.2) is 0 Å². The molecule has 3 aromatic rings. The van der Waals surface area contributed by atoms with Crippen LogP contribution in [0.2, 0.25) is 0 Å². The summed E-state index contributed by atoms with van der Waals surface area (Å²) in [5.74, 6) is 0.344. The van der Waals surface area contributed by atoms with Crippen LogP contribution >= 0.6 is 27.7 Å². The number of anilines is 1. The molecule has 0 aliphatic carbocycles. The third-order valence-electron chi connectivity index (χ3n) is 6.82. The van der Waals surface area contributed by atoms with Gasteiger partial charge in [0.25, 0.3) is 0 Å². The Balaban J connectivity index is 1.72. The fourth-order valence-corrected chi connectivity index (χ4v) is 7.35. The lowest BCUT2D eigenvalue weighted by Gasteiger charge is -2.43. The molecule has 1 saturated heterocycles. The topological polar surface area (TPSA) is 91.6 Å². The minimum absolute atomic E-state index is 0.109. The Morgan fingerprint density at radius 1 is 1.19 bits per heavy atom. The lowest BCUT2D eigenvalue weighted by Crippen LogP contribution is -2.58. The van der Waals surface area contributed by atoms with Crippen LogP contribution in [0.3, 0.4) is 0 Å². The molecule has 0 unspecified atom stereocenters. The van der Waals surface area contributed by atoms with E-state index in [2.05, 4.69) is 25.9 Å². The number of rotatable bonds is 2. The molecular formula is C24H23BrF3N5O3S. The molecule has 3 atom stereocenters. The van der Waals surface area contributed by atoms with Gasteiger partial charge in [-0.05, 0) is 48.0 Å². The van der Waals surface area contributed by atoms with E-state index in [0.29, 0.717) is 16.2 Å². The maximum absolute atomic E-state index is 14.1. The third kappa shape index (κ3) is 4.56. The minimum Gasteiger partial charge on any atom is -0.465 e. The summed E-state index contributed by atoms with van der Waals surface area (Å²) in [5, 5.41) is 9.78. The fourth-order valence-electron chi connectivity index (χ4n) is 5.24. The van der Waals surface area contributed by atoms with Crippen molar-refractivity contribution in [1.82, 2.24) is 19.4 Å². The van der Waals surface area contributed by atoms with Crippen LogP contribution in [0.4, 0.5) is 23.8 Å². The first-order chi connectivity index (χ1) is 17.5. The van der Waals surface area contributed by atoms with Crippen LogP contribution in [-0.2, 0) is 12.7 Å². The van der Waals surface area contributed by atoms with Crippen LogP contribution in [0.25, 0.3) is 10.9 Å². The molecule has 1 amide bonds. The molecule has 2 aliphatic heterocycles. The minimum atomic E-state index is -4.64. The normalized spacial score (nSPS) is 22.3. The number of alkyl halides is 3. The Hall–Kier alpha value is -2.80. The zero-order valence-corrected chi connectivity index (χ0v) is 22.3. The van der Waals surface area contributed by atoms with Crippen molar-refractivity contribution in [3.05, 3.63) is 56.7 Å². The van der Waals surface area contributed by atoms with E-state index in [4.69, 9.17) is 0 Å². The van der Waals surface area contributed by atoms with Crippen molar-refractivity contribution in [2.24, 2.45) is 0 Å². The summed E-state index contributed by atoms with van der Waals surface area (Å²) in [7, 11) is 0. The molecule has 4 heterocycles. The number of benzene rings is 1. The first-order valence-electron chi connectivity index (χ1n) is 11.6. The van der Waals surface area contributed by atoms with Gasteiger partial charge in [0.1, 0.15) is 5.82 Å². The van der Waals surface area contributed by atoms with Gasteiger partial charge in [0, 0.05) is 58.0 Å². The number of amides is 1. The van der Waals surface area contributed by atoms with Crippen molar-refractivity contribution < 1.29 is 23.1 Å². The van der Waals surface area contributed by atoms with Gasteiger partial charge in [-0.3, -0.25) is 14.5 Å². The van der Waals surface area contributed by atoms with Crippen molar-refractivity contribution >= 4 is 50.5 Å². The zero-order valence-electron chi connectivity index (χ0n) is 19.9. The van der Waals surface area contributed by atoms with Crippen molar-refractivity contribution in [1.29, 1.82) is 0 Å². The number of carboxylic acid groups (broad SMARTS) is 1. The standard InChI is InChI=1S/C24H23BrF3N5O3S/c1-12-8-31(9-13(2)33(12)23(35)36)21-15-7-16(24(26,27)28)18(25)20-19(15)32(22(34)30-21)10-14(11-37-20)17-5-3-4-6-29-17/h3-7,12-14H,8-11H2,1-2H3,(H,35,36)/t12-,13+,14-/m0/s1. The van der Waals surface area contributed by atoms with Crippen LogP contribution < -0.4 is 10.6 Å². The Morgan fingerprint density at radius 2 is 1.89 bits per heavy atom. The van der Waals surface area contributed by atoms with E-state index in [0.717, 1.165) is 11.8 Å². The molecule has 5 rings (SSSR count). The van der Waals surface area contributed by atoms with Crippen LogP contribution in [0, 0.1) is 0 Å². The molecule has 2 aromatic heterocycles. The molecule has 0 saturated carbocycles. The van der Waals surface area contributed by atoms with Gasteiger partial charge in [0.2, 0.25) is 0 Å². The van der Waals surface area contributed by atoms with Crippen LogP contribution in [0.1, 0.15) is 31.0 Å². The number of halogens is 4. The second-order valence-electron chi connectivity index (χ2n) is 9.35. The summed E-state index contributed by atoms with van der Waals surface area (Å²) in [6, 6.07) is 5.60. The number of piperazine rings is 1. The summed E-state index contributed by atoms with van der Waals surface area (Å²) in [6.45, 7) is 4.06. The molecule has 196 valence electrons. The number of hydrogen-bond acceptors (Lipinski definition) is 6. The number of aromatic nitrogens is 3. The van der Waals surface area contributed by atoms with Gasteiger partial charge < -0.3 is 10.0 Å². The highest BCUT2D eigenvalue weighted by Gasteiger charge is 2.39. The van der Waals surface area contributed by atoms with E-state index in [-0.39, 0.29) is 41.2 Å². The van der Waals surface area contributed by atoms with E-state index in [9.17, 15) is 27.9 Å². The first kappa shape index (κ1) is 25.8. The third-order valence-corrected chi connectivity index (χ3v) is 9.16. The summed E-state index contributed by atoms with van der Waals surface area (Å²) in [5.41, 5.74) is -0.289. The van der Waals surface area contributed by atoms with Crippen LogP contribution in [0.15, 0.2) is 44.6 Å². The van der Waals surface area contributed by atoms with Gasteiger partial charge >= 0.3 is 18.0 Å². The second kappa shape index (κ2) is 9.50. The van der Waals surface area contributed by atoms with Gasteiger partial charge in [-0.1, -0.05) is 6.07 Å². The largest absolute Gasteiger partial charge is 0.465 e. The predicted octanol–water partition coefficient (Wildman–Crippen LogP) is 5.04. The van der Waals surface area contributed by atoms with Gasteiger partial charge in [-0.15, -0.1) is 11.8 Å². The summed E-state index contributed by atoms with van der Waals surface area (Å²) in [4.78, 5) is 37.2. The monoisotopic (exact) mass is 597 g/mol. The lowest BCUT2D eigenvalue weighted by molar-refractivity contribution is -0.138. The van der Waals surface area contributed by atoms with E-state index in [1.54, 1.807) is 31.0 Å². The van der Waals surface area contributed by atoms with E-state index < -0.39 is 35.6 Å². The highest BCUT2D eigenvalue weighted by atomic mass is 79.9. The number of pyridine rings is 1. The smallest absolute Gasteiger partial charge is 0.417 e. The molecule has 1 fully saturated rings. The Kier molecular flexibility index (Phi) is 6.63. The Morgan fingerprint density at radius 3 is 2.49 bits per heavy atom. The molecule has 1 aromatic carbocycles. The highest BCUT2D eigenvalue weighted by molar-refractivity contribution is 9.10. The van der Waals surface area contributed by atoms with Crippen molar-refractivity contribution in [3.8, 4) is 0 Å². The average Bonchev–Trinajstić information content (AvgIpc) is 3.03. The molecule has 1 N–H and O–H groups in total. The van der Waals surface area contributed by atoms with Crippen molar-refractivity contribution in [2.75, 3.05) is 23.7 Å². The maximum Gasteiger partial charge on any atom is 0.417 e. The fraction of sp³-hybridized carbons (Fsp3) is 0.417. The number of carbonyl (C=O) groups is 1. The summed E-state index contributed by atoms with van der Waals surface area (Å²) in [6.07, 6.45) is -4.06. The zero-order chi connectivity index (χ0) is 26.6. The van der Waals surface area contributed by atoms with Gasteiger partial charge in [-0.2, -0.15) is 18.2 Å². The molecule has 2 aliphatic rings. The molecule has 0 radical (unpaired) electrons. The average molecular weight is 598 g/mol. The summed E-state index contributed by atoms with van der Waals surface area (Å²) < 4.78 is 43.8. The quantitative estimate of drug-likeness (QED) is 0.442. The predicted molar refractivity (Wildman–Crippen MR) is 137 cm³/mol. The van der Waals surface area contributed by atoms with E-state index in [1.807, 2.05) is 12.1 Å². The second-order valence-corrected chi connectivity index (χ2v) is 11.2. The number of hydrogen-bond donors (Lipinski definition) is 1. The van der Waals surface area contributed by atoms with Gasteiger partial charge in [0.05, 0.1) is 23.2 Å². The molecular weight excluding hydrogens is 575 g/mol. The van der Waals surface area contributed by atoms with Crippen molar-refractivity contribution in [3.63, 3.8) is 0 Å². The number of nitrogens with zero attached hydrogens (tertiary/aromatic N) is 5. The summed E-state index contributed by atoms with van der Waals surface area (Å²) >= 11 is 4.44. The van der Waals surface area contributed by atoms with E-state index in [1.165, 1.54) is 21.2 Å². The molecule has 8 nitrogen and oxygen atoms in total. The molecule has 0 bridgehead atoms. The van der Waals surface area contributed by atoms with Crippen LogP contribution in [0.5, 0.6) is 0 Å². The van der Waals surface area contributed by atoms with E-state index >= 15 is 0 Å². The van der Waals surface area contributed by atoms with Crippen molar-refractivity contribution in [2.45, 2.75) is 49.5 Å². The Labute approximate surface area is 222 Å². The van der Waals surface area contributed by atoms with Crippen LogP contribution in [-0.4, -0.2) is 61.6 Å². The molecule has 37 heavy (non-hydrogen) atoms. The Bertz CT molecular complexity index is 1420. The molecule has 0 spiro atoms. The highest BCUT2D eigenvalue weighted by Crippen LogP contribution is 2.47. The lowest BCUT2D eigenvalue weighted by atomic mass is 10.0. The number of thioether (sulfide) groups is 1. The first-order valence-corrected chi connectivity index (χ1v) is 13.4. The SMILES string of the molecule is C[C@@H]1CN(c2nc(=O)n3c4c(c(Br)c(C(F)(F)F)cc24)SC[C@@H](c2ccccn2)C3)C[C@H](C)N1C(=O)O. The van der Waals surface area contributed by atoms with Gasteiger partial charge in [-0.25, -0.2) is 9.59 Å².